The van der Waals surface area contributed by atoms with Gasteiger partial charge in [-0.1, -0.05) is 57.5 Å². The van der Waals surface area contributed by atoms with Crippen molar-refractivity contribution >= 4 is 0 Å². The third kappa shape index (κ3) is 5.84. The van der Waals surface area contributed by atoms with Gasteiger partial charge in [-0.05, 0) is 42.5 Å². The molecule has 0 spiro atoms. The maximum Gasteiger partial charge on any atom is 0.203 e. The smallest absolute Gasteiger partial charge is 0.203 e. The van der Waals surface area contributed by atoms with Gasteiger partial charge in [0.1, 0.15) is 11.5 Å². The van der Waals surface area contributed by atoms with Crippen LogP contribution in [0.25, 0.3) is 22.3 Å². The van der Waals surface area contributed by atoms with E-state index < -0.39 is 0 Å². The molecule has 0 aromatic heterocycles. The number of hydrogen-bond donors (Lipinski definition) is 0. The Hall–Kier alpha value is -3.34. The fourth-order valence-corrected chi connectivity index (χ4v) is 4.12. The van der Waals surface area contributed by atoms with Crippen LogP contribution in [0.1, 0.15) is 45.6 Å². The quantitative estimate of drug-likeness (QED) is 0.257. The molecule has 0 amide bonds. The lowest BCUT2D eigenvalue weighted by Gasteiger charge is -2.24. The molecule has 3 aromatic carbocycles. The molecule has 5 nitrogen and oxygen atoms in total. The number of aryl methyl sites for hydroxylation is 1. The molecular weight excluding hydrogens is 440 g/mol. The van der Waals surface area contributed by atoms with Crippen molar-refractivity contribution < 1.29 is 23.7 Å². The number of benzene rings is 3. The molecule has 187 valence electrons. The van der Waals surface area contributed by atoms with Crippen LogP contribution in [0.2, 0.25) is 0 Å². The van der Waals surface area contributed by atoms with Gasteiger partial charge in [-0.25, -0.2) is 0 Å². The number of methoxy groups -OCH3 is 3. The standard InChI is InChI=1S/C30H37O5/c1-7-13-22-18-24(34-16-8-2)27(23-19-25(31-4)30(33-6)26(20-23)32-5)28(29(22)35-17-9-3)21-14-11-10-12-15-21/h10-12,14-15,19-20H,7-9,13,16-17H2,1-6H3. The summed E-state index contributed by atoms with van der Waals surface area (Å²) in [6.07, 6.45) is 3.62. The van der Waals surface area contributed by atoms with Crippen LogP contribution in [0.3, 0.4) is 0 Å². The van der Waals surface area contributed by atoms with Crippen LogP contribution in [0, 0.1) is 6.07 Å². The van der Waals surface area contributed by atoms with Gasteiger partial charge in [0.25, 0.3) is 0 Å². The van der Waals surface area contributed by atoms with E-state index in [2.05, 4.69) is 39.0 Å². The fourth-order valence-electron chi connectivity index (χ4n) is 4.12. The second-order valence-corrected chi connectivity index (χ2v) is 8.24. The maximum atomic E-state index is 6.43. The molecule has 5 heteroatoms. The van der Waals surface area contributed by atoms with Crippen molar-refractivity contribution in [3.8, 4) is 51.0 Å². The molecule has 3 rings (SSSR count). The van der Waals surface area contributed by atoms with E-state index in [1.54, 1.807) is 21.3 Å². The van der Waals surface area contributed by atoms with Crippen LogP contribution in [0.5, 0.6) is 28.7 Å². The molecule has 0 atom stereocenters. The summed E-state index contributed by atoms with van der Waals surface area (Å²) in [5.41, 5.74) is 4.85. The van der Waals surface area contributed by atoms with E-state index in [1.165, 1.54) is 0 Å². The van der Waals surface area contributed by atoms with Crippen LogP contribution in [-0.2, 0) is 6.42 Å². The largest absolute Gasteiger partial charge is 0.493 e. The number of hydrogen-bond acceptors (Lipinski definition) is 5. The zero-order valence-corrected chi connectivity index (χ0v) is 21.8. The van der Waals surface area contributed by atoms with Gasteiger partial charge in [0.05, 0.1) is 34.5 Å². The van der Waals surface area contributed by atoms with Gasteiger partial charge >= 0.3 is 0 Å². The number of rotatable bonds is 13. The topological polar surface area (TPSA) is 46.2 Å². The molecule has 0 unspecified atom stereocenters. The van der Waals surface area contributed by atoms with E-state index in [4.69, 9.17) is 23.7 Å². The average molecular weight is 478 g/mol. The zero-order valence-electron chi connectivity index (χ0n) is 21.8. The van der Waals surface area contributed by atoms with Gasteiger partial charge in [0.2, 0.25) is 5.75 Å². The molecule has 0 heterocycles. The Morgan fingerprint density at radius 2 is 1.29 bits per heavy atom. The SMILES string of the molecule is CCCOc1[c]c(CCC)c(OCCC)c(-c2ccccc2)c1-c1cc(OC)c(OC)c(OC)c1. The third-order valence-corrected chi connectivity index (χ3v) is 5.66. The molecule has 35 heavy (non-hydrogen) atoms. The van der Waals surface area contributed by atoms with E-state index >= 15 is 0 Å². The molecule has 0 aliphatic heterocycles. The summed E-state index contributed by atoms with van der Waals surface area (Å²) in [6.45, 7) is 7.59. The first kappa shape index (κ1) is 26.3. The van der Waals surface area contributed by atoms with Crippen molar-refractivity contribution in [2.75, 3.05) is 34.5 Å². The van der Waals surface area contributed by atoms with Gasteiger partial charge < -0.3 is 23.7 Å². The van der Waals surface area contributed by atoms with Crippen molar-refractivity contribution in [2.45, 2.75) is 46.5 Å². The van der Waals surface area contributed by atoms with Crippen LogP contribution >= 0.6 is 0 Å². The Morgan fingerprint density at radius 3 is 1.83 bits per heavy atom. The zero-order chi connectivity index (χ0) is 25.2. The molecule has 0 saturated heterocycles. The highest BCUT2D eigenvalue weighted by molar-refractivity contribution is 5.93. The third-order valence-electron chi connectivity index (χ3n) is 5.66. The summed E-state index contributed by atoms with van der Waals surface area (Å²) < 4.78 is 29.7. The first-order valence-electron chi connectivity index (χ1n) is 12.4. The summed E-state index contributed by atoms with van der Waals surface area (Å²) in [6, 6.07) is 17.8. The Morgan fingerprint density at radius 1 is 0.657 bits per heavy atom. The van der Waals surface area contributed by atoms with Crippen LogP contribution in [0.15, 0.2) is 42.5 Å². The minimum atomic E-state index is 0.546. The summed E-state index contributed by atoms with van der Waals surface area (Å²) in [4.78, 5) is 0. The predicted molar refractivity (Wildman–Crippen MR) is 141 cm³/mol. The minimum absolute atomic E-state index is 0.546. The minimum Gasteiger partial charge on any atom is -0.493 e. The van der Waals surface area contributed by atoms with Gasteiger partial charge in [-0.15, -0.1) is 0 Å². The summed E-state index contributed by atoms with van der Waals surface area (Å²) in [7, 11) is 4.86. The van der Waals surface area contributed by atoms with Crippen LogP contribution in [0.4, 0.5) is 0 Å². The molecule has 3 aromatic rings. The monoisotopic (exact) mass is 477 g/mol. The van der Waals surface area contributed by atoms with E-state index in [9.17, 15) is 0 Å². The van der Waals surface area contributed by atoms with Crippen molar-refractivity contribution in [3.05, 3.63) is 54.1 Å². The molecule has 0 saturated carbocycles. The molecule has 0 bridgehead atoms. The normalized spacial score (nSPS) is 10.7. The summed E-state index contributed by atoms with van der Waals surface area (Å²) in [5.74, 6) is 3.26. The molecule has 0 aliphatic rings. The lowest BCUT2D eigenvalue weighted by atomic mass is 9.89. The molecule has 0 aliphatic carbocycles. The molecule has 0 N–H and O–H groups in total. The Balaban J connectivity index is 2.45. The van der Waals surface area contributed by atoms with E-state index in [0.717, 1.165) is 59.3 Å². The number of ether oxygens (including phenoxy) is 5. The second kappa shape index (κ2) is 12.9. The first-order valence-corrected chi connectivity index (χ1v) is 12.4. The molecule has 0 fully saturated rings. The highest BCUT2D eigenvalue weighted by Gasteiger charge is 2.25. The van der Waals surface area contributed by atoms with Crippen LogP contribution < -0.4 is 23.7 Å². The second-order valence-electron chi connectivity index (χ2n) is 8.24. The van der Waals surface area contributed by atoms with Gasteiger partial charge in [0.15, 0.2) is 11.5 Å². The Bertz CT molecular complexity index is 1070. The van der Waals surface area contributed by atoms with E-state index in [-0.39, 0.29) is 0 Å². The Kier molecular flexibility index (Phi) is 9.71. The van der Waals surface area contributed by atoms with Crippen molar-refractivity contribution in [1.82, 2.24) is 0 Å². The first-order chi connectivity index (χ1) is 17.1. The highest BCUT2D eigenvalue weighted by Crippen LogP contribution is 2.50. The lowest BCUT2D eigenvalue weighted by Crippen LogP contribution is -2.06. The fraction of sp³-hybridized carbons (Fsp3) is 0.400. The van der Waals surface area contributed by atoms with E-state index in [1.807, 2.05) is 30.3 Å². The van der Waals surface area contributed by atoms with Crippen LogP contribution in [-0.4, -0.2) is 34.5 Å². The predicted octanol–water partition coefficient (Wildman–Crippen LogP) is 7.38. The maximum absolute atomic E-state index is 6.43. The average Bonchev–Trinajstić information content (AvgIpc) is 2.90. The van der Waals surface area contributed by atoms with Gasteiger partial charge in [-0.3, -0.25) is 0 Å². The lowest BCUT2D eigenvalue weighted by molar-refractivity contribution is 0.307. The molecular formula is C30H37O5. The van der Waals surface area contributed by atoms with Gasteiger partial charge in [0, 0.05) is 22.8 Å². The van der Waals surface area contributed by atoms with E-state index in [0.29, 0.717) is 36.2 Å². The Labute approximate surface area is 209 Å². The van der Waals surface area contributed by atoms with Crippen molar-refractivity contribution in [1.29, 1.82) is 0 Å². The summed E-state index contributed by atoms with van der Waals surface area (Å²) >= 11 is 0. The van der Waals surface area contributed by atoms with Crippen molar-refractivity contribution in [2.24, 2.45) is 0 Å². The highest BCUT2D eigenvalue weighted by atomic mass is 16.5. The molecule has 1 radical (unpaired) electrons. The van der Waals surface area contributed by atoms with Crippen molar-refractivity contribution in [3.63, 3.8) is 0 Å². The summed E-state index contributed by atoms with van der Waals surface area (Å²) in [5, 5.41) is 0. The van der Waals surface area contributed by atoms with Gasteiger partial charge in [-0.2, -0.15) is 0 Å².